The van der Waals surface area contributed by atoms with Crippen molar-refractivity contribution in [2.75, 3.05) is 0 Å². The largest absolute Gasteiger partial charge is 0.481 e. The molecule has 190 valence electrons. The normalized spacial score (nSPS) is 11.4. The van der Waals surface area contributed by atoms with Crippen LogP contribution in [-0.4, -0.2) is 20.8 Å². The zero-order valence-corrected chi connectivity index (χ0v) is 22.8. The predicted molar refractivity (Wildman–Crippen MR) is 147 cm³/mol. The van der Waals surface area contributed by atoms with Gasteiger partial charge in [0.15, 0.2) is 0 Å². The van der Waals surface area contributed by atoms with E-state index in [1.165, 1.54) is 41.2 Å². The van der Waals surface area contributed by atoms with Gasteiger partial charge in [-0.1, -0.05) is 57.3 Å². The molecule has 0 spiro atoms. The first-order chi connectivity index (χ1) is 17.8. The Bertz CT molecular complexity index is 1560. The number of ether oxygens (including phenoxy) is 1. The SMILES string of the molecule is CCCCc1nc2ccc(Br)cc2c(=O)n1N=Cc1cc(Br)cc([N+](=O)[O-])c1OCc1ccc(F)cc1. The van der Waals surface area contributed by atoms with Crippen LogP contribution in [0.2, 0.25) is 0 Å². The zero-order chi connectivity index (χ0) is 26.5. The molecule has 0 aliphatic heterocycles. The third-order valence-corrected chi connectivity index (χ3v) is 6.45. The van der Waals surface area contributed by atoms with E-state index in [0.29, 0.717) is 33.2 Å². The Morgan fingerprint density at radius 3 is 2.59 bits per heavy atom. The van der Waals surface area contributed by atoms with Crippen molar-refractivity contribution >= 4 is 54.7 Å². The van der Waals surface area contributed by atoms with E-state index in [1.807, 2.05) is 13.0 Å². The van der Waals surface area contributed by atoms with Gasteiger partial charge in [-0.05, 0) is 48.4 Å². The lowest BCUT2D eigenvalue weighted by Gasteiger charge is -2.12. The molecule has 0 fully saturated rings. The Balaban J connectivity index is 1.80. The fourth-order valence-corrected chi connectivity index (χ4v) is 4.48. The van der Waals surface area contributed by atoms with Crippen molar-refractivity contribution in [3.8, 4) is 5.75 Å². The number of fused-ring (bicyclic) bond motifs is 1. The summed E-state index contributed by atoms with van der Waals surface area (Å²) in [6.07, 6.45) is 3.58. The van der Waals surface area contributed by atoms with Crippen molar-refractivity contribution in [1.29, 1.82) is 0 Å². The van der Waals surface area contributed by atoms with E-state index in [0.717, 1.165) is 17.3 Å². The molecule has 0 unspecified atom stereocenters. The second-order valence-electron chi connectivity index (χ2n) is 8.17. The van der Waals surface area contributed by atoms with Crippen LogP contribution in [0.25, 0.3) is 10.9 Å². The Morgan fingerprint density at radius 2 is 1.89 bits per heavy atom. The van der Waals surface area contributed by atoms with E-state index < -0.39 is 10.7 Å². The molecular formula is C26H21Br2FN4O4. The quantitative estimate of drug-likeness (QED) is 0.115. The molecule has 8 nitrogen and oxygen atoms in total. The number of unbranched alkanes of at least 4 members (excludes halogenated alkanes) is 1. The van der Waals surface area contributed by atoms with Gasteiger partial charge in [-0.25, -0.2) is 9.37 Å². The molecule has 1 heterocycles. The first-order valence-corrected chi connectivity index (χ1v) is 13.0. The summed E-state index contributed by atoms with van der Waals surface area (Å²) in [7, 11) is 0. The van der Waals surface area contributed by atoms with Crippen molar-refractivity contribution in [3.05, 3.63) is 107 Å². The third kappa shape index (κ3) is 6.28. The van der Waals surface area contributed by atoms with E-state index in [-0.39, 0.29) is 29.2 Å². The average Bonchev–Trinajstić information content (AvgIpc) is 2.87. The summed E-state index contributed by atoms with van der Waals surface area (Å²) in [5.74, 6) is 0.0589. The number of nitrogens with zero attached hydrogens (tertiary/aromatic N) is 4. The molecule has 0 saturated carbocycles. The van der Waals surface area contributed by atoms with E-state index in [2.05, 4.69) is 41.9 Å². The van der Waals surface area contributed by atoms with Crippen LogP contribution in [0.1, 0.15) is 36.7 Å². The Hall–Kier alpha value is -3.44. The van der Waals surface area contributed by atoms with Gasteiger partial charge in [0.1, 0.15) is 18.2 Å². The van der Waals surface area contributed by atoms with Crippen LogP contribution in [-0.2, 0) is 13.0 Å². The van der Waals surface area contributed by atoms with E-state index >= 15 is 0 Å². The monoisotopic (exact) mass is 630 g/mol. The molecule has 4 rings (SSSR count). The molecule has 4 aromatic rings. The van der Waals surface area contributed by atoms with Gasteiger partial charge in [0.25, 0.3) is 5.56 Å². The molecule has 0 saturated heterocycles. The molecule has 0 aliphatic rings. The number of hydrogen-bond acceptors (Lipinski definition) is 6. The minimum atomic E-state index is -0.559. The van der Waals surface area contributed by atoms with Crippen molar-refractivity contribution in [2.45, 2.75) is 32.8 Å². The Morgan fingerprint density at radius 1 is 1.14 bits per heavy atom. The minimum absolute atomic E-state index is 0.0269. The third-order valence-electron chi connectivity index (χ3n) is 5.50. The lowest BCUT2D eigenvalue weighted by Crippen LogP contribution is -2.22. The maximum atomic E-state index is 13.4. The van der Waals surface area contributed by atoms with Crippen LogP contribution in [0.3, 0.4) is 0 Å². The lowest BCUT2D eigenvalue weighted by molar-refractivity contribution is -0.386. The molecule has 3 aromatic carbocycles. The van der Waals surface area contributed by atoms with Crippen molar-refractivity contribution in [3.63, 3.8) is 0 Å². The van der Waals surface area contributed by atoms with E-state index in [4.69, 9.17) is 4.74 Å². The molecule has 0 atom stereocenters. The first kappa shape index (κ1) is 26.6. The highest BCUT2D eigenvalue weighted by Gasteiger charge is 2.21. The molecule has 0 bridgehead atoms. The van der Waals surface area contributed by atoms with Crippen molar-refractivity contribution in [2.24, 2.45) is 5.10 Å². The maximum Gasteiger partial charge on any atom is 0.312 e. The fraction of sp³-hybridized carbons (Fsp3) is 0.192. The van der Waals surface area contributed by atoms with Gasteiger partial charge in [0.2, 0.25) is 5.75 Å². The number of nitro groups is 1. The summed E-state index contributed by atoms with van der Waals surface area (Å²) in [6, 6.07) is 13.8. The number of hydrogen-bond donors (Lipinski definition) is 0. The second-order valence-corrected chi connectivity index (χ2v) is 10.0. The number of halogens is 3. The van der Waals surface area contributed by atoms with Crippen LogP contribution in [0.5, 0.6) is 5.75 Å². The van der Waals surface area contributed by atoms with E-state index in [1.54, 1.807) is 18.2 Å². The summed E-state index contributed by atoms with van der Waals surface area (Å²) >= 11 is 6.69. The van der Waals surface area contributed by atoms with Crippen LogP contribution in [0.15, 0.2) is 73.4 Å². The van der Waals surface area contributed by atoms with Crippen LogP contribution in [0, 0.1) is 15.9 Å². The highest BCUT2D eigenvalue weighted by atomic mass is 79.9. The summed E-state index contributed by atoms with van der Waals surface area (Å²) < 4.78 is 21.5. The number of rotatable bonds is 9. The van der Waals surface area contributed by atoms with Gasteiger partial charge >= 0.3 is 5.69 Å². The molecule has 1 aromatic heterocycles. The fourth-order valence-electron chi connectivity index (χ4n) is 3.66. The van der Waals surface area contributed by atoms with Crippen LogP contribution >= 0.6 is 31.9 Å². The number of nitro benzene ring substituents is 1. The molecule has 37 heavy (non-hydrogen) atoms. The molecule has 0 amide bonds. The van der Waals surface area contributed by atoms with Gasteiger partial charge in [-0.2, -0.15) is 9.78 Å². The van der Waals surface area contributed by atoms with Gasteiger partial charge in [0, 0.05) is 27.0 Å². The van der Waals surface area contributed by atoms with Gasteiger partial charge in [0.05, 0.1) is 22.0 Å². The maximum absolute atomic E-state index is 13.4. The molecular weight excluding hydrogens is 611 g/mol. The first-order valence-electron chi connectivity index (χ1n) is 11.4. The highest BCUT2D eigenvalue weighted by Crippen LogP contribution is 2.34. The number of aryl methyl sites for hydroxylation is 1. The van der Waals surface area contributed by atoms with Crippen LogP contribution < -0.4 is 10.3 Å². The smallest absolute Gasteiger partial charge is 0.312 e. The minimum Gasteiger partial charge on any atom is -0.481 e. The van der Waals surface area contributed by atoms with E-state index in [9.17, 15) is 19.3 Å². The van der Waals surface area contributed by atoms with Gasteiger partial charge in [-0.3, -0.25) is 14.9 Å². The zero-order valence-electron chi connectivity index (χ0n) is 19.7. The molecule has 0 N–H and O–H groups in total. The van der Waals surface area contributed by atoms with Gasteiger partial charge < -0.3 is 4.74 Å². The van der Waals surface area contributed by atoms with Crippen LogP contribution in [0.4, 0.5) is 10.1 Å². The van der Waals surface area contributed by atoms with Crippen molar-refractivity contribution in [1.82, 2.24) is 9.66 Å². The summed E-state index contributed by atoms with van der Waals surface area (Å²) in [4.78, 5) is 29.2. The van der Waals surface area contributed by atoms with Crippen molar-refractivity contribution < 1.29 is 14.1 Å². The molecule has 0 aliphatic carbocycles. The molecule has 11 heteroatoms. The average molecular weight is 632 g/mol. The standard InChI is InChI=1S/C26H21Br2FN4O4/c1-2-3-4-24-31-22-10-7-18(27)12-21(22)26(34)32(24)30-14-17-11-19(28)13-23(33(35)36)25(17)37-15-16-5-8-20(29)9-6-16/h5-14H,2-4,15H2,1H3. The summed E-state index contributed by atoms with van der Waals surface area (Å²) in [5, 5.41) is 16.6. The second kappa shape index (κ2) is 11.7. The Labute approximate surface area is 228 Å². The summed E-state index contributed by atoms with van der Waals surface area (Å²) in [5.41, 5.74) is 0.839. The number of benzene rings is 3. The highest BCUT2D eigenvalue weighted by molar-refractivity contribution is 9.10. The Kier molecular flexibility index (Phi) is 8.45. The topological polar surface area (TPSA) is 99.6 Å². The number of aromatic nitrogens is 2. The lowest BCUT2D eigenvalue weighted by atomic mass is 10.2. The molecule has 0 radical (unpaired) electrons. The summed E-state index contributed by atoms with van der Waals surface area (Å²) in [6.45, 7) is 2.01. The van der Waals surface area contributed by atoms with Gasteiger partial charge in [-0.15, -0.1) is 0 Å². The predicted octanol–water partition coefficient (Wildman–Crippen LogP) is 6.77.